The zero-order valence-electron chi connectivity index (χ0n) is 13.4. The highest BCUT2D eigenvalue weighted by molar-refractivity contribution is 8.13. The van der Waals surface area contributed by atoms with Crippen molar-refractivity contribution < 1.29 is 17.7 Å². The third-order valence-electron chi connectivity index (χ3n) is 3.61. The van der Waals surface area contributed by atoms with Crippen LogP contribution >= 0.6 is 28.3 Å². The first-order chi connectivity index (χ1) is 12.6. The molecule has 140 valence electrons. The van der Waals surface area contributed by atoms with E-state index in [1.807, 2.05) is 0 Å². The van der Waals surface area contributed by atoms with Gasteiger partial charge in [0.15, 0.2) is 5.82 Å². The quantitative estimate of drug-likeness (QED) is 0.499. The molecular weight excluding hydrogens is 421 g/mol. The van der Waals surface area contributed by atoms with Crippen LogP contribution in [0.15, 0.2) is 60.9 Å². The maximum absolute atomic E-state index is 12.7. The molecule has 0 fully saturated rings. The van der Waals surface area contributed by atoms with Crippen molar-refractivity contribution in [1.82, 2.24) is 9.97 Å². The summed E-state index contributed by atoms with van der Waals surface area (Å²) in [5, 5.41) is 3.23. The van der Waals surface area contributed by atoms with Crippen molar-refractivity contribution in [3.8, 4) is 11.3 Å². The van der Waals surface area contributed by atoms with E-state index in [-0.39, 0.29) is 5.30 Å². The minimum Gasteiger partial charge on any atom is -0.338 e. The molecule has 0 aliphatic carbocycles. The highest BCUT2D eigenvalue weighted by Crippen LogP contribution is 2.55. The average molecular weight is 432 g/mol. The van der Waals surface area contributed by atoms with Gasteiger partial charge in [0.2, 0.25) is 0 Å². The van der Waals surface area contributed by atoms with Gasteiger partial charge in [-0.2, -0.15) is 13.2 Å². The Morgan fingerprint density at radius 1 is 0.889 bits per heavy atom. The molecule has 2 aromatic carbocycles. The van der Waals surface area contributed by atoms with Gasteiger partial charge in [0.1, 0.15) is 5.69 Å². The molecule has 0 aliphatic heterocycles. The van der Waals surface area contributed by atoms with E-state index in [1.54, 1.807) is 12.1 Å². The molecular formula is C17H11Cl2F3N3OP. The molecule has 0 atom stereocenters. The summed E-state index contributed by atoms with van der Waals surface area (Å²) in [5.41, 5.74) is 0.785. The number of nitrogens with one attached hydrogen (secondary N) is 1. The molecule has 3 aromatic rings. The Balaban J connectivity index is 1.89. The smallest absolute Gasteiger partial charge is 0.338 e. The van der Waals surface area contributed by atoms with E-state index in [4.69, 9.17) is 22.5 Å². The highest BCUT2D eigenvalue weighted by Gasteiger charge is 2.30. The van der Waals surface area contributed by atoms with Crippen LogP contribution in [0.1, 0.15) is 5.56 Å². The van der Waals surface area contributed by atoms with Crippen molar-refractivity contribution in [2.45, 2.75) is 6.18 Å². The average Bonchev–Trinajstić information content (AvgIpc) is 2.61. The molecule has 0 spiro atoms. The van der Waals surface area contributed by atoms with E-state index >= 15 is 0 Å². The van der Waals surface area contributed by atoms with E-state index in [9.17, 15) is 17.7 Å². The molecule has 0 saturated carbocycles. The van der Waals surface area contributed by atoms with E-state index < -0.39 is 17.6 Å². The standard InChI is InChI=1S/C17H11Cl2F3N3OP/c18-27(19,26)14-7-1-11(2-8-14)15-16(24-10-9-23-15)25-13-5-3-12(4-6-13)17(20,21)22/h1-10H,(H,24,25). The lowest BCUT2D eigenvalue weighted by molar-refractivity contribution is -0.137. The summed E-state index contributed by atoms with van der Waals surface area (Å²) >= 11 is 11.3. The van der Waals surface area contributed by atoms with Crippen LogP contribution in [0.4, 0.5) is 24.7 Å². The molecule has 27 heavy (non-hydrogen) atoms. The molecule has 1 aromatic heterocycles. The lowest BCUT2D eigenvalue weighted by Gasteiger charge is -2.12. The largest absolute Gasteiger partial charge is 0.416 e. The third kappa shape index (κ3) is 4.80. The van der Waals surface area contributed by atoms with Gasteiger partial charge >= 0.3 is 6.18 Å². The van der Waals surface area contributed by atoms with Crippen LogP contribution in [0.3, 0.4) is 0 Å². The Hall–Kier alpha value is -2.08. The lowest BCUT2D eigenvalue weighted by Crippen LogP contribution is -2.05. The lowest BCUT2D eigenvalue weighted by atomic mass is 10.1. The van der Waals surface area contributed by atoms with Crippen LogP contribution in [0.2, 0.25) is 0 Å². The van der Waals surface area contributed by atoms with E-state index in [0.717, 1.165) is 12.1 Å². The molecule has 0 unspecified atom stereocenters. The van der Waals surface area contributed by atoms with Gasteiger partial charge in [0.05, 0.1) is 5.56 Å². The summed E-state index contributed by atoms with van der Waals surface area (Å²) in [6.07, 6.45) is -1.46. The van der Waals surface area contributed by atoms with Crippen molar-refractivity contribution >= 4 is 45.1 Å². The zero-order chi connectivity index (χ0) is 19.7. The predicted octanol–water partition coefficient (Wildman–Crippen LogP) is 6.20. The fraction of sp³-hybridized carbons (Fsp3) is 0.0588. The van der Waals surface area contributed by atoms with Crippen LogP contribution in [0, 0.1) is 0 Å². The first-order valence-corrected chi connectivity index (χ1v) is 11.0. The Morgan fingerprint density at radius 2 is 1.48 bits per heavy atom. The maximum Gasteiger partial charge on any atom is 0.416 e. The Kier molecular flexibility index (Phi) is 5.47. The Labute approximate surface area is 162 Å². The third-order valence-corrected chi connectivity index (χ3v) is 5.68. The summed E-state index contributed by atoms with van der Waals surface area (Å²) in [4.78, 5) is 8.44. The predicted molar refractivity (Wildman–Crippen MR) is 101 cm³/mol. The van der Waals surface area contributed by atoms with Crippen molar-refractivity contribution in [3.05, 3.63) is 66.5 Å². The Morgan fingerprint density at radius 3 is 2.04 bits per heavy atom. The van der Waals surface area contributed by atoms with Gasteiger partial charge in [0, 0.05) is 28.9 Å². The molecule has 0 saturated heterocycles. The maximum atomic E-state index is 12.7. The monoisotopic (exact) mass is 431 g/mol. The van der Waals surface area contributed by atoms with Gasteiger partial charge in [-0.1, -0.05) is 12.1 Å². The molecule has 4 nitrogen and oxygen atoms in total. The fourth-order valence-electron chi connectivity index (χ4n) is 2.31. The van der Waals surface area contributed by atoms with Crippen LogP contribution < -0.4 is 10.6 Å². The van der Waals surface area contributed by atoms with E-state index in [0.29, 0.717) is 22.8 Å². The van der Waals surface area contributed by atoms with Gasteiger partial charge in [0.25, 0.3) is 5.85 Å². The zero-order valence-corrected chi connectivity index (χ0v) is 15.8. The minimum atomic E-state index is -4.40. The molecule has 0 radical (unpaired) electrons. The highest BCUT2D eigenvalue weighted by atomic mass is 35.9. The molecule has 3 rings (SSSR count). The normalized spacial score (nSPS) is 12.0. The molecule has 0 aliphatic rings. The van der Waals surface area contributed by atoms with Crippen LogP contribution in [0.5, 0.6) is 0 Å². The Bertz CT molecular complexity index is 990. The second kappa shape index (κ2) is 7.50. The van der Waals surface area contributed by atoms with Gasteiger partial charge in [-0.3, -0.25) is 9.55 Å². The van der Waals surface area contributed by atoms with Gasteiger partial charge in [-0.15, -0.1) is 0 Å². The molecule has 0 amide bonds. The van der Waals surface area contributed by atoms with Crippen LogP contribution in [-0.2, 0) is 10.7 Å². The van der Waals surface area contributed by atoms with Crippen LogP contribution in [-0.4, -0.2) is 9.97 Å². The topological polar surface area (TPSA) is 54.9 Å². The number of alkyl halides is 3. The molecule has 10 heteroatoms. The summed E-state index contributed by atoms with van der Waals surface area (Å²) in [5.74, 6) is -3.06. The fourth-order valence-corrected chi connectivity index (χ4v) is 3.49. The molecule has 0 bridgehead atoms. The van der Waals surface area contributed by atoms with Gasteiger partial charge in [-0.25, -0.2) is 4.98 Å². The number of nitrogens with zero attached hydrogens (tertiary/aromatic N) is 2. The van der Waals surface area contributed by atoms with Crippen molar-refractivity contribution in [2.75, 3.05) is 5.32 Å². The molecule has 1 N–H and O–H groups in total. The number of hydrogen-bond donors (Lipinski definition) is 1. The van der Waals surface area contributed by atoms with Crippen molar-refractivity contribution in [1.29, 1.82) is 0 Å². The summed E-state index contributed by atoms with van der Waals surface area (Å²) in [6, 6.07) is 10.9. The van der Waals surface area contributed by atoms with Crippen molar-refractivity contribution in [2.24, 2.45) is 0 Å². The SMILES string of the molecule is O=P(Cl)(Cl)c1ccc(-c2nccnc2Nc2ccc(C(F)(F)F)cc2)cc1. The number of aromatic nitrogens is 2. The number of anilines is 2. The number of hydrogen-bond acceptors (Lipinski definition) is 4. The first-order valence-electron chi connectivity index (χ1n) is 7.50. The van der Waals surface area contributed by atoms with Crippen molar-refractivity contribution in [3.63, 3.8) is 0 Å². The number of benzene rings is 2. The molecule has 1 heterocycles. The second-order valence-electron chi connectivity index (χ2n) is 5.46. The number of halogens is 5. The van der Waals surface area contributed by atoms with Crippen LogP contribution in [0.25, 0.3) is 11.3 Å². The van der Waals surface area contributed by atoms with E-state index in [2.05, 4.69) is 15.3 Å². The van der Waals surface area contributed by atoms with Gasteiger partial charge < -0.3 is 5.32 Å². The summed E-state index contributed by atoms with van der Waals surface area (Å²) in [6.45, 7) is 0. The minimum absolute atomic E-state index is 0.288. The number of rotatable bonds is 4. The second-order valence-corrected chi connectivity index (χ2v) is 10.3. The summed E-state index contributed by atoms with van der Waals surface area (Å²) < 4.78 is 49.7. The van der Waals surface area contributed by atoms with E-state index in [1.165, 1.54) is 36.7 Å². The first kappa shape index (κ1) is 19.7. The summed E-state index contributed by atoms with van der Waals surface area (Å²) in [7, 11) is 0. The van der Waals surface area contributed by atoms with Gasteiger partial charge in [-0.05, 0) is 58.9 Å².